The molecule has 1 saturated carbocycles. The van der Waals surface area contributed by atoms with Gasteiger partial charge in [0.1, 0.15) is 0 Å². The lowest BCUT2D eigenvalue weighted by Crippen LogP contribution is -2.52. The molecule has 1 amide bonds. The first kappa shape index (κ1) is 16.7. The number of hydrogen-bond acceptors (Lipinski definition) is 3. The summed E-state index contributed by atoms with van der Waals surface area (Å²) in [6.07, 6.45) is 7.26. The van der Waals surface area contributed by atoms with E-state index in [9.17, 15) is 4.79 Å². The van der Waals surface area contributed by atoms with Gasteiger partial charge >= 0.3 is 0 Å². The molecule has 0 aromatic rings. The largest absolute Gasteiger partial charge is 0.352 e. The maximum absolute atomic E-state index is 12.0. The van der Waals surface area contributed by atoms with Crippen molar-refractivity contribution in [2.45, 2.75) is 57.5 Å². The van der Waals surface area contributed by atoms with E-state index >= 15 is 0 Å². The van der Waals surface area contributed by atoms with Crippen LogP contribution in [-0.2, 0) is 4.79 Å². The van der Waals surface area contributed by atoms with Crippen LogP contribution in [0.25, 0.3) is 0 Å². The first-order valence-electron chi connectivity index (χ1n) is 7.44. The van der Waals surface area contributed by atoms with Gasteiger partial charge in [-0.1, -0.05) is 19.8 Å². The number of piperidine rings is 1. The van der Waals surface area contributed by atoms with E-state index in [4.69, 9.17) is 5.73 Å². The highest BCUT2D eigenvalue weighted by Crippen LogP contribution is 2.22. The highest BCUT2D eigenvalue weighted by atomic mass is 35.5. The maximum Gasteiger partial charge on any atom is 0.234 e. The number of hydrogen-bond donors (Lipinski definition) is 2. The highest BCUT2D eigenvalue weighted by molar-refractivity contribution is 5.85. The van der Waals surface area contributed by atoms with Crippen molar-refractivity contribution in [1.82, 2.24) is 10.2 Å². The summed E-state index contributed by atoms with van der Waals surface area (Å²) in [6.45, 7) is 4.46. The molecule has 2 aliphatic rings. The first-order valence-corrected chi connectivity index (χ1v) is 7.44. The van der Waals surface area contributed by atoms with Crippen LogP contribution in [0.5, 0.6) is 0 Å². The molecular weight excluding hydrogens is 262 g/mol. The van der Waals surface area contributed by atoms with Crippen molar-refractivity contribution in [3.8, 4) is 0 Å². The van der Waals surface area contributed by atoms with E-state index in [0.717, 1.165) is 19.4 Å². The summed E-state index contributed by atoms with van der Waals surface area (Å²) in [5, 5.41) is 3.16. The zero-order chi connectivity index (χ0) is 13.0. The molecule has 2 fully saturated rings. The van der Waals surface area contributed by atoms with Crippen LogP contribution in [0.1, 0.15) is 45.4 Å². The number of carbonyl (C=O) groups excluding carboxylic acids is 1. The van der Waals surface area contributed by atoms with Crippen molar-refractivity contribution in [2.24, 2.45) is 11.7 Å². The van der Waals surface area contributed by atoms with Crippen molar-refractivity contribution in [1.29, 1.82) is 0 Å². The molecule has 1 aliphatic carbocycles. The molecular formula is C14H28ClN3O. The molecule has 1 aliphatic heterocycles. The maximum atomic E-state index is 12.0. The summed E-state index contributed by atoms with van der Waals surface area (Å²) in [5.74, 6) is 0.803. The molecule has 19 heavy (non-hydrogen) atoms. The molecule has 0 aromatic carbocycles. The average Bonchev–Trinajstić information content (AvgIpc) is 2.82. The zero-order valence-electron chi connectivity index (χ0n) is 11.9. The van der Waals surface area contributed by atoms with Crippen molar-refractivity contribution < 1.29 is 4.79 Å². The summed E-state index contributed by atoms with van der Waals surface area (Å²) in [6, 6.07) is 0.809. The molecule has 4 nitrogen and oxygen atoms in total. The molecule has 0 aromatic heterocycles. The van der Waals surface area contributed by atoms with Gasteiger partial charge in [0.25, 0.3) is 0 Å². The van der Waals surface area contributed by atoms with E-state index in [2.05, 4.69) is 17.1 Å². The number of rotatable bonds is 4. The molecule has 2 unspecified atom stereocenters. The Morgan fingerprint density at radius 3 is 2.58 bits per heavy atom. The minimum absolute atomic E-state index is 0. The smallest absolute Gasteiger partial charge is 0.234 e. The SMILES string of the molecule is CC1CCCN(CC(=O)NC2CCCC2)C1CN.Cl. The Hall–Kier alpha value is -0.320. The quantitative estimate of drug-likeness (QED) is 0.825. The third kappa shape index (κ3) is 4.62. The van der Waals surface area contributed by atoms with Gasteiger partial charge in [0.2, 0.25) is 5.91 Å². The Morgan fingerprint density at radius 2 is 1.95 bits per heavy atom. The molecule has 3 N–H and O–H groups in total. The van der Waals surface area contributed by atoms with Crippen molar-refractivity contribution in [2.75, 3.05) is 19.6 Å². The molecule has 1 heterocycles. The second kappa shape index (κ2) is 8.08. The lowest BCUT2D eigenvalue weighted by Gasteiger charge is -2.39. The van der Waals surface area contributed by atoms with E-state index in [1.165, 1.54) is 25.7 Å². The topological polar surface area (TPSA) is 58.4 Å². The van der Waals surface area contributed by atoms with Crippen LogP contribution in [0.2, 0.25) is 0 Å². The molecule has 0 bridgehead atoms. The monoisotopic (exact) mass is 289 g/mol. The Bertz CT molecular complexity index is 282. The zero-order valence-corrected chi connectivity index (χ0v) is 12.8. The fourth-order valence-electron chi connectivity index (χ4n) is 3.44. The van der Waals surface area contributed by atoms with Gasteiger partial charge in [-0.25, -0.2) is 0 Å². The molecule has 112 valence electrons. The first-order chi connectivity index (χ1) is 8.70. The van der Waals surface area contributed by atoms with E-state index in [0.29, 0.717) is 31.1 Å². The van der Waals surface area contributed by atoms with Gasteiger partial charge in [-0.2, -0.15) is 0 Å². The van der Waals surface area contributed by atoms with E-state index in [-0.39, 0.29) is 18.3 Å². The van der Waals surface area contributed by atoms with Gasteiger partial charge in [-0.15, -0.1) is 12.4 Å². The predicted octanol–water partition coefficient (Wildman–Crippen LogP) is 1.53. The fraction of sp³-hybridized carbons (Fsp3) is 0.929. The minimum atomic E-state index is 0. The van der Waals surface area contributed by atoms with Crippen LogP contribution in [0, 0.1) is 5.92 Å². The Morgan fingerprint density at radius 1 is 1.26 bits per heavy atom. The third-order valence-corrected chi connectivity index (χ3v) is 4.54. The number of nitrogens with two attached hydrogens (primary N) is 1. The van der Waals surface area contributed by atoms with E-state index < -0.39 is 0 Å². The number of amides is 1. The minimum Gasteiger partial charge on any atom is -0.352 e. The summed E-state index contributed by atoms with van der Waals surface area (Å²) < 4.78 is 0. The Balaban J connectivity index is 0.00000180. The average molecular weight is 290 g/mol. The van der Waals surface area contributed by atoms with Crippen LogP contribution in [0.15, 0.2) is 0 Å². The van der Waals surface area contributed by atoms with Crippen molar-refractivity contribution in [3.05, 3.63) is 0 Å². The number of likely N-dealkylation sites (tertiary alicyclic amines) is 1. The Labute approximate surface area is 122 Å². The van der Waals surface area contributed by atoms with Gasteiger partial charge in [-0.05, 0) is 38.1 Å². The summed E-state index contributed by atoms with van der Waals surface area (Å²) in [4.78, 5) is 14.3. The lowest BCUT2D eigenvalue weighted by molar-refractivity contribution is -0.124. The lowest BCUT2D eigenvalue weighted by atomic mass is 9.91. The van der Waals surface area contributed by atoms with Gasteiger partial charge in [0.15, 0.2) is 0 Å². The van der Waals surface area contributed by atoms with Crippen LogP contribution >= 0.6 is 12.4 Å². The number of nitrogens with zero attached hydrogens (tertiary/aromatic N) is 1. The molecule has 2 rings (SSSR count). The van der Waals surface area contributed by atoms with Crippen LogP contribution in [0.4, 0.5) is 0 Å². The van der Waals surface area contributed by atoms with Crippen molar-refractivity contribution >= 4 is 18.3 Å². The Kier molecular flexibility index (Phi) is 7.11. The second-order valence-electron chi connectivity index (χ2n) is 5.94. The number of nitrogens with one attached hydrogen (secondary N) is 1. The van der Waals surface area contributed by atoms with Crippen LogP contribution in [-0.4, -0.2) is 42.5 Å². The fourth-order valence-corrected chi connectivity index (χ4v) is 3.44. The predicted molar refractivity (Wildman–Crippen MR) is 80.5 cm³/mol. The molecule has 0 radical (unpaired) electrons. The van der Waals surface area contributed by atoms with Gasteiger partial charge < -0.3 is 11.1 Å². The van der Waals surface area contributed by atoms with Gasteiger partial charge in [-0.3, -0.25) is 9.69 Å². The molecule has 1 saturated heterocycles. The summed E-state index contributed by atoms with van der Waals surface area (Å²) in [7, 11) is 0. The normalized spacial score (nSPS) is 28.9. The van der Waals surface area contributed by atoms with Crippen LogP contribution < -0.4 is 11.1 Å². The molecule has 2 atom stereocenters. The summed E-state index contributed by atoms with van der Waals surface area (Å²) >= 11 is 0. The standard InChI is InChI=1S/C14H27N3O.ClH/c1-11-5-4-8-17(13(11)9-15)10-14(18)16-12-6-2-3-7-12;/h11-13H,2-10,15H2,1H3,(H,16,18);1H. The van der Waals surface area contributed by atoms with Gasteiger partial charge in [0.05, 0.1) is 6.54 Å². The summed E-state index contributed by atoms with van der Waals surface area (Å²) in [5.41, 5.74) is 5.85. The highest BCUT2D eigenvalue weighted by Gasteiger charge is 2.29. The van der Waals surface area contributed by atoms with E-state index in [1.54, 1.807) is 0 Å². The second-order valence-corrected chi connectivity index (χ2v) is 5.94. The van der Waals surface area contributed by atoms with E-state index in [1.807, 2.05) is 0 Å². The van der Waals surface area contributed by atoms with Crippen LogP contribution in [0.3, 0.4) is 0 Å². The number of halogens is 1. The third-order valence-electron chi connectivity index (χ3n) is 4.54. The molecule has 5 heteroatoms. The van der Waals surface area contributed by atoms with Crippen molar-refractivity contribution in [3.63, 3.8) is 0 Å². The number of carbonyl (C=O) groups is 1. The molecule has 0 spiro atoms. The van der Waals surface area contributed by atoms with Gasteiger partial charge in [0, 0.05) is 18.6 Å².